The third kappa shape index (κ3) is 3.03. The Hall–Kier alpha value is -2.30. The van der Waals surface area contributed by atoms with E-state index in [4.69, 9.17) is 23.2 Å². The van der Waals surface area contributed by atoms with Gasteiger partial charge in [0.1, 0.15) is 0 Å². The van der Waals surface area contributed by atoms with Crippen molar-refractivity contribution < 1.29 is 4.79 Å². The number of rotatable bonds is 2. The number of hydrogen-bond acceptors (Lipinski definition) is 2. The van der Waals surface area contributed by atoms with E-state index in [1.807, 2.05) is 41.3 Å². The van der Waals surface area contributed by atoms with Gasteiger partial charge in [-0.3, -0.25) is 9.89 Å². The van der Waals surface area contributed by atoms with E-state index >= 15 is 0 Å². The Morgan fingerprint density at radius 1 is 1.12 bits per heavy atom. The lowest BCUT2D eigenvalue weighted by molar-refractivity contribution is 0.0735. The van der Waals surface area contributed by atoms with Crippen LogP contribution in [0.5, 0.6) is 0 Å². The molecule has 1 aliphatic heterocycles. The molecule has 3 aromatic rings. The first-order valence-corrected chi connectivity index (χ1v) is 8.75. The lowest BCUT2D eigenvalue weighted by Gasteiger charge is -2.27. The fraction of sp³-hybridized carbons (Fsp3) is 0.158. The van der Waals surface area contributed by atoms with Crippen molar-refractivity contribution in [2.45, 2.75) is 13.0 Å². The highest BCUT2D eigenvalue weighted by molar-refractivity contribution is 6.33. The van der Waals surface area contributed by atoms with Gasteiger partial charge >= 0.3 is 0 Å². The molecule has 0 atom stereocenters. The number of benzene rings is 2. The van der Waals surface area contributed by atoms with Crippen LogP contribution in [0.15, 0.2) is 48.5 Å². The molecule has 0 radical (unpaired) electrons. The quantitative estimate of drug-likeness (QED) is 0.716. The van der Waals surface area contributed by atoms with Crippen molar-refractivity contribution in [3.63, 3.8) is 0 Å². The molecule has 0 bridgehead atoms. The molecule has 1 amide bonds. The number of hydrogen-bond donors (Lipinski definition) is 1. The van der Waals surface area contributed by atoms with Gasteiger partial charge in [0.25, 0.3) is 5.91 Å². The normalized spacial score (nSPS) is 13.6. The van der Waals surface area contributed by atoms with Gasteiger partial charge in [0.05, 0.1) is 16.3 Å². The molecular formula is C19H15Cl2N3O. The molecule has 0 spiro atoms. The minimum atomic E-state index is -0.0607. The van der Waals surface area contributed by atoms with Crippen molar-refractivity contribution in [2.24, 2.45) is 0 Å². The number of H-pyrrole nitrogens is 1. The highest BCUT2D eigenvalue weighted by Crippen LogP contribution is 2.30. The van der Waals surface area contributed by atoms with Gasteiger partial charge in [0.15, 0.2) is 0 Å². The minimum absolute atomic E-state index is 0.0607. The average Bonchev–Trinajstić information content (AvgIpc) is 3.05. The first kappa shape index (κ1) is 16.2. The molecule has 4 rings (SSSR count). The molecule has 0 aliphatic carbocycles. The molecule has 6 heteroatoms. The predicted molar refractivity (Wildman–Crippen MR) is 98.9 cm³/mol. The smallest absolute Gasteiger partial charge is 0.255 e. The summed E-state index contributed by atoms with van der Waals surface area (Å²) in [7, 11) is 0. The molecule has 0 unspecified atom stereocenters. The molecule has 1 N–H and O–H groups in total. The zero-order valence-electron chi connectivity index (χ0n) is 13.3. The molecule has 0 saturated heterocycles. The lowest BCUT2D eigenvalue weighted by Crippen LogP contribution is -2.36. The van der Waals surface area contributed by atoms with E-state index in [1.54, 1.807) is 12.1 Å². The maximum atomic E-state index is 12.8. The molecule has 2 heterocycles. The SMILES string of the molecule is O=C(c1ccccc1Cl)N1CCc2[nH]nc(-c3cccc(Cl)c3)c2C1. The Balaban J connectivity index is 1.66. The molecule has 0 fully saturated rings. The van der Waals surface area contributed by atoms with E-state index in [0.29, 0.717) is 28.7 Å². The van der Waals surface area contributed by atoms with Gasteiger partial charge in [0, 0.05) is 41.4 Å². The van der Waals surface area contributed by atoms with E-state index in [2.05, 4.69) is 10.2 Å². The van der Waals surface area contributed by atoms with Gasteiger partial charge in [-0.25, -0.2) is 0 Å². The van der Waals surface area contributed by atoms with Crippen LogP contribution in [0, 0.1) is 0 Å². The topological polar surface area (TPSA) is 49.0 Å². The highest BCUT2D eigenvalue weighted by atomic mass is 35.5. The van der Waals surface area contributed by atoms with E-state index < -0.39 is 0 Å². The molecule has 0 saturated carbocycles. The molecule has 4 nitrogen and oxygen atoms in total. The number of amides is 1. The van der Waals surface area contributed by atoms with E-state index in [-0.39, 0.29) is 5.91 Å². The van der Waals surface area contributed by atoms with E-state index in [1.165, 1.54) is 0 Å². The average molecular weight is 372 g/mol. The van der Waals surface area contributed by atoms with Crippen LogP contribution in [0.25, 0.3) is 11.3 Å². The standard InChI is InChI=1S/C19H15Cl2N3O/c20-13-5-3-4-12(10-13)18-15-11-24(9-8-17(15)22-23-18)19(25)14-6-1-2-7-16(14)21/h1-7,10H,8-9,11H2,(H,22,23). The fourth-order valence-electron chi connectivity index (χ4n) is 3.15. The van der Waals surface area contributed by atoms with Crippen LogP contribution in [0.4, 0.5) is 0 Å². The summed E-state index contributed by atoms with van der Waals surface area (Å²) in [6.45, 7) is 1.13. The van der Waals surface area contributed by atoms with Crippen molar-refractivity contribution in [2.75, 3.05) is 6.54 Å². The predicted octanol–water partition coefficient (Wildman–Crippen LogP) is 4.58. The van der Waals surface area contributed by atoms with Crippen LogP contribution in [0.2, 0.25) is 10.0 Å². The van der Waals surface area contributed by atoms with Gasteiger partial charge in [-0.05, 0) is 24.3 Å². The summed E-state index contributed by atoms with van der Waals surface area (Å²) in [5, 5.41) is 8.68. The molecule has 25 heavy (non-hydrogen) atoms. The number of nitrogens with zero attached hydrogens (tertiary/aromatic N) is 2. The summed E-state index contributed by atoms with van der Waals surface area (Å²) in [5.74, 6) is -0.0607. The maximum Gasteiger partial charge on any atom is 0.255 e. The van der Waals surface area contributed by atoms with E-state index in [9.17, 15) is 4.79 Å². The first-order valence-electron chi connectivity index (χ1n) is 7.99. The van der Waals surface area contributed by atoms with Gasteiger partial charge < -0.3 is 4.90 Å². The summed E-state index contributed by atoms with van der Waals surface area (Å²) in [4.78, 5) is 14.7. The van der Waals surface area contributed by atoms with Crippen molar-refractivity contribution in [3.05, 3.63) is 75.4 Å². The maximum absolute atomic E-state index is 12.8. The van der Waals surface area contributed by atoms with Crippen LogP contribution in [-0.2, 0) is 13.0 Å². The lowest BCUT2D eigenvalue weighted by atomic mass is 10.0. The van der Waals surface area contributed by atoms with Crippen molar-refractivity contribution >= 4 is 29.1 Å². The molecule has 1 aromatic heterocycles. The highest BCUT2D eigenvalue weighted by Gasteiger charge is 2.27. The van der Waals surface area contributed by atoms with Crippen LogP contribution in [0.3, 0.4) is 0 Å². The van der Waals surface area contributed by atoms with Crippen LogP contribution in [-0.4, -0.2) is 27.5 Å². The third-order valence-electron chi connectivity index (χ3n) is 4.42. The molecular weight excluding hydrogens is 357 g/mol. The second-order valence-electron chi connectivity index (χ2n) is 6.00. The minimum Gasteiger partial charge on any atom is -0.334 e. The van der Waals surface area contributed by atoms with E-state index in [0.717, 1.165) is 28.9 Å². The number of aromatic nitrogens is 2. The summed E-state index contributed by atoms with van der Waals surface area (Å²) in [6.07, 6.45) is 0.735. The van der Waals surface area contributed by atoms with Gasteiger partial charge in [-0.1, -0.05) is 47.5 Å². The number of carbonyl (C=O) groups is 1. The third-order valence-corrected chi connectivity index (χ3v) is 4.99. The van der Waals surface area contributed by atoms with Crippen molar-refractivity contribution in [1.82, 2.24) is 15.1 Å². The Kier molecular flexibility index (Phi) is 4.24. The van der Waals surface area contributed by atoms with Crippen LogP contribution in [0.1, 0.15) is 21.6 Å². The second kappa shape index (κ2) is 6.54. The Morgan fingerprint density at radius 3 is 2.76 bits per heavy atom. The second-order valence-corrected chi connectivity index (χ2v) is 6.84. The molecule has 126 valence electrons. The number of nitrogens with one attached hydrogen (secondary N) is 1. The molecule has 2 aromatic carbocycles. The van der Waals surface area contributed by atoms with Gasteiger partial charge in [0.2, 0.25) is 0 Å². The zero-order valence-corrected chi connectivity index (χ0v) is 14.8. The Labute approximate surface area is 155 Å². The van der Waals surface area contributed by atoms with Crippen molar-refractivity contribution in [3.8, 4) is 11.3 Å². The Bertz CT molecular complexity index is 951. The van der Waals surface area contributed by atoms with Gasteiger partial charge in [-0.2, -0.15) is 5.10 Å². The fourth-order valence-corrected chi connectivity index (χ4v) is 3.55. The number of carbonyl (C=O) groups excluding carboxylic acids is 1. The van der Waals surface area contributed by atoms with Crippen LogP contribution >= 0.6 is 23.2 Å². The monoisotopic (exact) mass is 371 g/mol. The summed E-state index contributed by atoms with van der Waals surface area (Å²) in [5.41, 5.74) is 4.42. The number of aromatic amines is 1. The Morgan fingerprint density at radius 2 is 1.96 bits per heavy atom. The largest absolute Gasteiger partial charge is 0.334 e. The first-order chi connectivity index (χ1) is 12.1. The number of halogens is 2. The zero-order chi connectivity index (χ0) is 17.4. The van der Waals surface area contributed by atoms with Gasteiger partial charge in [-0.15, -0.1) is 0 Å². The summed E-state index contributed by atoms with van der Waals surface area (Å²) >= 11 is 12.3. The summed E-state index contributed by atoms with van der Waals surface area (Å²) in [6, 6.07) is 14.7. The van der Waals surface area contributed by atoms with Crippen molar-refractivity contribution in [1.29, 1.82) is 0 Å². The molecule has 1 aliphatic rings. The summed E-state index contributed by atoms with van der Waals surface area (Å²) < 4.78 is 0. The number of fused-ring (bicyclic) bond motifs is 1. The van der Waals surface area contributed by atoms with Crippen LogP contribution < -0.4 is 0 Å².